The van der Waals surface area contributed by atoms with Crippen molar-refractivity contribution in [3.8, 4) is 0 Å². The minimum atomic E-state index is -1.14. The fourth-order valence-corrected chi connectivity index (χ4v) is 8.53. The smallest absolute Gasteiger partial charge is 0.248 e. The van der Waals surface area contributed by atoms with E-state index >= 15 is 0 Å². The molecule has 2 bridgehead atoms. The Morgan fingerprint density at radius 3 is 2.27 bits per heavy atom. The second-order valence-corrected chi connectivity index (χ2v) is 13.0. The Morgan fingerprint density at radius 1 is 0.956 bits per heavy atom. The number of anilines is 1. The van der Waals surface area contributed by atoms with Crippen LogP contribution in [0.4, 0.5) is 5.69 Å². The minimum Gasteiger partial charge on any atom is -0.394 e. The van der Waals surface area contributed by atoms with Gasteiger partial charge in [-0.1, -0.05) is 79.9 Å². The Labute approximate surface area is 266 Å². The van der Waals surface area contributed by atoms with E-state index in [1.165, 1.54) is 0 Å². The van der Waals surface area contributed by atoms with Crippen molar-refractivity contribution in [2.45, 2.75) is 81.2 Å². The molecule has 3 heterocycles. The van der Waals surface area contributed by atoms with E-state index < -0.39 is 35.6 Å². The largest absolute Gasteiger partial charge is 0.394 e. The van der Waals surface area contributed by atoms with Gasteiger partial charge >= 0.3 is 0 Å². The van der Waals surface area contributed by atoms with Gasteiger partial charge in [-0.25, -0.2) is 0 Å². The lowest BCUT2D eigenvalue weighted by atomic mass is 9.70. The zero-order chi connectivity index (χ0) is 31.6. The molecule has 8 nitrogen and oxygen atoms in total. The maximum Gasteiger partial charge on any atom is 0.248 e. The molecule has 4 aliphatic rings. The number of aliphatic hydroxyl groups is 1. The van der Waals surface area contributed by atoms with Crippen LogP contribution in [0.25, 0.3) is 0 Å². The number of benzene rings is 2. The number of carbonyl (C=O) groups excluding carboxylic acids is 3. The van der Waals surface area contributed by atoms with E-state index in [9.17, 15) is 19.5 Å². The molecule has 0 radical (unpaired) electrons. The number of nitrogens with zero attached hydrogens (tertiary/aromatic N) is 3. The van der Waals surface area contributed by atoms with E-state index in [-0.39, 0.29) is 36.9 Å². The van der Waals surface area contributed by atoms with E-state index in [2.05, 4.69) is 13.2 Å². The summed E-state index contributed by atoms with van der Waals surface area (Å²) in [6.07, 6.45) is 9.50. The van der Waals surface area contributed by atoms with E-state index in [4.69, 9.17) is 4.74 Å². The van der Waals surface area contributed by atoms with Gasteiger partial charge in [0.1, 0.15) is 11.6 Å². The van der Waals surface area contributed by atoms with Crippen molar-refractivity contribution in [1.82, 2.24) is 9.80 Å². The summed E-state index contributed by atoms with van der Waals surface area (Å²) in [7, 11) is 0. The Morgan fingerprint density at radius 2 is 1.62 bits per heavy atom. The van der Waals surface area contributed by atoms with E-state index in [0.717, 1.165) is 43.4 Å². The number of rotatable bonds is 12. The van der Waals surface area contributed by atoms with Crippen LogP contribution in [0.1, 0.15) is 50.5 Å². The van der Waals surface area contributed by atoms with Crippen molar-refractivity contribution < 1.29 is 24.2 Å². The lowest BCUT2D eigenvalue weighted by molar-refractivity contribution is -0.153. The lowest BCUT2D eigenvalue weighted by Crippen LogP contribution is -2.60. The van der Waals surface area contributed by atoms with Crippen LogP contribution in [0, 0.1) is 11.8 Å². The minimum absolute atomic E-state index is 0.0514. The van der Waals surface area contributed by atoms with Gasteiger partial charge in [-0.15, -0.1) is 13.2 Å². The summed E-state index contributed by atoms with van der Waals surface area (Å²) in [5.74, 6) is -2.21. The van der Waals surface area contributed by atoms with Crippen molar-refractivity contribution in [1.29, 1.82) is 0 Å². The van der Waals surface area contributed by atoms with Gasteiger partial charge in [0.2, 0.25) is 17.7 Å². The summed E-state index contributed by atoms with van der Waals surface area (Å²) < 4.78 is 6.79. The van der Waals surface area contributed by atoms with Crippen molar-refractivity contribution in [3.63, 3.8) is 0 Å². The van der Waals surface area contributed by atoms with Gasteiger partial charge in [-0.2, -0.15) is 0 Å². The summed E-state index contributed by atoms with van der Waals surface area (Å²) in [4.78, 5) is 49.4. The molecule has 3 aliphatic heterocycles. The van der Waals surface area contributed by atoms with Gasteiger partial charge in [0.05, 0.1) is 30.6 Å². The Bertz CT molecular complexity index is 1390. The van der Waals surface area contributed by atoms with Gasteiger partial charge in [0, 0.05) is 24.8 Å². The first-order valence-electron chi connectivity index (χ1n) is 16.5. The molecule has 2 aromatic rings. The number of likely N-dealkylation sites (tertiary alicyclic amines) is 1. The maximum absolute atomic E-state index is 14.9. The number of amides is 3. The Kier molecular flexibility index (Phi) is 9.24. The standard InChI is InChI=1S/C37H45N3O5/c1-3-22-38(27-16-10-6-11-17-27)34(42)31-30-20-21-37(45-30)32(31)35(43)40(29(25-41)24-26-14-8-5-9-15-26)33(37)36(44)39(23-4-2)28-18-12-7-13-19-28/h3-6,8-11,14-17,28-33,41H,1-2,7,12-13,18-25H2/t29-,30-,31+,32+,33?,37?/m1/s1. The fourth-order valence-electron chi connectivity index (χ4n) is 8.53. The molecule has 0 aromatic heterocycles. The van der Waals surface area contributed by atoms with Gasteiger partial charge in [0.25, 0.3) is 0 Å². The highest BCUT2D eigenvalue weighted by molar-refractivity contribution is 6.03. The highest BCUT2D eigenvalue weighted by Crippen LogP contribution is 2.59. The van der Waals surface area contributed by atoms with E-state index in [1.807, 2.05) is 65.6 Å². The molecule has 2 aromatic carbocycles. The van der Waals surface area contributed by atoms with Crippen LogP contribution >= 0.6 is 0 Å². The lowest BCUT2D eigenvalue weighted by Gasteiger charge is -2.42. The molecular formula is C37H45N3O5. The summed E-state index contributed by atoms with van der Waals surface area (Å²) in [5, 5.41) is 10.8. The summed E-state index contributed by atoms with van der Waals surface area (Å²) in [6, 6.07) is 17.6. The molecular weight excluding hydrogens is 566 g/mol. The predicted octanol–water partition coefficient (Wildman–Crippen LogP) is 4.53. The van der Waals surface area contributed by atoms with Crippen molar-refractivity contribution in [2.24, 2.45) is 11.8 Å². The van der Waals surface area contributed by atoms with Crippen LogP contribution in [0.3, 0.4) is 0 Å². The third-order valence-corrected chi connectivity index (χ3v) is 10.4. The zero-order valence-electron chi connectivity index (χ0n) is 26.0. The van der Waals surface area contributed by atoms with Crippen LogP contribution in [-0.2, 0) is 25.5 Å². The Hall–Kier alpha value is -3.75. The van der Waals surface area contributed by atoms with Crippen molar-refractivity contribution in [3.05, 3.63) is 91.5 Å². The highest BCUT2D eigenvalue weighted by atomic mass is 16.5. The highest BCUT2D eigenvalue weighted by Gasteiger charge is 2.75. The number of hydrogen-bond donors (Lipinski definition) is 1. The van der Waals surface area contributed by atoms with Gasteiger partial charge in [0.15, 0.2) is 0 Å². The third-order valence-electron chi connectivity index (χ3n) is 10.4. The molecule has 6 rings (SSSR count). The topological polar surface area (TPSA) is 90.4 Å². The van der Waals surface area contributed by atoms with Crippen LogP contribution in [0.5, 0.6) is 0 Å². The van der Waals surface area contributed by atoms with Crippen molar-refractivity contribution >= 4 is 23.4 Å². The molecule has 238 valence electrons. The zero-order valence-corrected chi connectivity index (χ0v) is 26.0. The number of hydrogen-bond acceptors (Lipinski definition) is 5. The molecule has 4 fully saturated rings. The molecule has 1 saturated carbocycles. The molecule has 1 spiro atoms. The Balaban J connectivity index is 1.42. The second-order valence-electron chi connectivity index (χ2n) is 13.0. The van der Waals surface area contributed by atoms with Gasteiger partial charge in [-0.3, -0.25) is 14.4 Å². The summed E-state index contributed by atoms with van der Waals surface area (Å²) in [5.41, 5.74) is 0.536. The molecule has 1 aliphatic carbocycles. The monoisotopic (exact) mass is 611 g/mol. The molecule has 2 unspecified atom stereocenters. The van der Waals surface area contributed by atoms with E-state index in [1.54, 1.807) is 22.0 Å². The molecule has 8 heteroatoms. The van der Waals surface area contributed by atoms with Crippen molar-refractivity contribution in [2.75, 3.05) is 24.6 Å². The van der Waals surface area contributed by atoms with Crippen LogP contribution in [0.2, 0.25) is 0 Å². The number of aliphatic hydroxyl groups excluding tert-OH is 1. The first-order chi connectivity index (χ1) is 21.9. The van der Waals surface area contributed by atoms with Gasteiger partial charge in [-0.05, 0) is 49.8 Å². The van der Waals surface area contributed by atoms with Crippen LogP contribution < -0.4 is 4.90 Å². The first-order valence-corrected chi connectivity index (χ1v) is 16.5. The summed E-state index contributed by atoms with van der Waals surface area (Å²) >= 11 is 0. The maximum atomic E-state index is 14.9. The normalized spacial score (nSPS) is 28.0. The number of ether oxygens (including phenoxy) is 1. The molecule has 6 atom stereocenters. The SMILES string of the molecule is C=CCN(C(=O)[C@@H]1[C@H]2C(=O)N([C@@H](CO)Cc3ccccc3)C(C(=O)N(CC=C)C3CCCCC3)C23CC[C@H]1O3)c1ccccc1. The molecule has 1 N–H and O–H groups in total. The fraction of sp³-hybridized carbons (Fsp3) is 0.486. The number of para-hydroxylation sites is 1. The average molecular weight is 612 g/mol. The molecule has 3 saturated heterocycles. The summed E-state index contributed by atoms with van der Waals surface area (Å²) in [6.45, 7) is 8.18. The number of fused-ring (bicyclic) bond motifs is 1. The van der Waals surface area contributed by atoms with Crippen LogP contribution in [-0.4, -0.2) is 82.2 Å². The predicted molar refractivity (Wildman–Crippen MR) is 173 cm³/mol. The van der Waals surface area contributed by atoms with Crippen LogP contribution in [0.15, 0.2) is 86.0 Å². The first kappa shape index (κ1) is 31.2. The number of carbonyl (C=O) groups is 3. The third kappa shape index (κ3) is 5.52. The molecule has 3 amide bonds. The van der Waals surface area contributed by atoms with Gasteiger partial charge < -0.3 is 24.5 Å². The van der Waals surface area contributed by atoms with E-state index in [0.29, 0.717) is 25.8 Å². The quantitative estimate of drug-likeness (QED) is 0.356. The molecule has 45 heavy (non-hydrogen) atoms. The average Bonchev–Trinajstić information content (AvgIpc) is 3.73. The second kappa shape index (κ2) is 13.3.